The van der Waals surface area contributed by atoms with Crippen molar-refractivity contribution in [1.29, 1.82) is 0 Å². The van der Waals surface area contributed by atoms with Gasteiger partial charge in [0.1, 0.15) is 6.61 Å². The summed E-state index contributed by atoms with van der Waals surface area (Å²) in [6.45, 7) is 6.02. The molecule has 2 rings (SSSR count). The highest BCUT2D eigenvalue weighted by molar-refractivity contribution is 5.43. The predicted octanol–water partition coefficient (Wildman–Crippen LogP) is 3.36. The second-order valence-corrected chi connectivity index (χ2v) is 5.62. The number of hydrogen-bond acceptors (Lipinski definition) is 4. The fourth-order valence-electron chi connectivity index (χ4n) is 2.41. The van der Waals surface area contributed by atoms with Crippen LogP contribution in [0, 0.1) is 0 Å². The maximum Gasteiger partial charge on any atom is 0.161 e. The Morgan fingerprint density at radius 2 is 1.71 bits per heavy atom. The van der Waals surface area contributed by atoms with Crippen LogP contribution in [0.4, 0.5) is 0 Å². The summed E-state index contributed by atoms with van der Waals surface area (Å²) in [5.41, 5.74) is 2.35. The maximum absolute atomic E-state index is 5.93. The van der Waals surface area contributed by atoms with E-state index < -0.39 is 0 Å². The van der Waals surface area contributed by atoms with Crippen molar-refractivity contribution >= 4 is 0 Å². The van der Waals surface area contributed by atoms with E-state index in [0.717, 1.165) is 43.1 Å². The Bertz CT molecular complexity index is 587. The Morgan fingerprint density at radius 3 is 2.46 bits per heavy atom. The third-order valence-corrected chi connectivity index (χ3v) is 3.65. The summed E-state index contributed by atoms with van der Waals surface area (Å²) < 4.78 is 11.7. The van der Waals surface area contributed by atoms with E-state index in [-0.39, 0.29) is 0 Å². The summed E-state index contributed by atoms with van der Waals surface area (Å²) >= 11 is 0. The Hall–Kier alpha value is -2.04. The van der Waals surface area contributed by atoms with E-state index in [1.54, 1.807) is 0 Å². The van der Waals surface area contributed by atoms with Gasteiger partial charge in [-0.2, -0.15) is 0 Å². The SMILES string of the molecule is CCOc1cc(CNCCCNC)ccc1OCc1ccccc1. The minimum atomic E-state index is 0.544. The standard InChI is InChI=1S/C20H28N2O2/c1-3-23-20-14-18(15-22-13-7-12-21-2)10-11-19(20)24-16-17-8-5-4-6-9-17/h4-6,8-11,14,21-22H,3,7,12-13,15-16H2,1-2H3. The van der Waals surface area contributed by atoms with Crippen LogP contribution in [0.1, 0.15) is 24.5 Å². The van der Waals surface area contributed by atoms with Gasteiger partial charge in [-0.3, -0.25) is 0 Å². The molecule has 0 fully saturated rings. The number of benzene rings is 2. The van der Waals surface area contributed by atoms with Gasteiger partial charge in [0.2, 0.25) is 0 Å². The van der Waals surface area contributed by atoms with Gasteiger partial charge >= 0.3 is 0 Å². The van der Waals surface area contributed by atoms with Crippen molar-refractivity contribution < 1.29 is 9.47 Å². The molecule has 0 saturated heterocycles. The summed E-state index contributed by atoms with van der Waals surface area (Å²) in [6, 6.07) is 16.3. The lowest BCUT2D eigenvalue weighted by Gasteiger charge is -2.14. The maximum atomic E-state index is 5.93. The zero-order chi connectivity index (χ0) is 17.0. The molecule has 2 aromatic carbocycles. The minimum absolute atomic E-state index is 0.544. The number of rotatable bonds is 11. The normalized spacial score (nSPS) is 10.6. The third kappa shape index (κ3) is 6.22. The number of ether oxygens (including phenoxy) is 2. The monoisotopic (exact) mass is 328 g/mol. The number of nitrogens with one attached hydrogen (secondary N) is 2. The van der Waals surface area contributed by atoms with Gasteiger partial charge in [-0.1, -0.05) is 36.4 Å². The first kappa shape index (κ1) is 18.3. The molecular weight excluding hydrogens is 300 g/mol. The molecule has 0 atom stereocenters. The van der Waals surface area contributed by atoms with Gasteiger partial charge in [0.15, 0.2) is 11.5 Å². The Labute approximate surface area is 145 Å². The zero-order valence-corrected chi connectivity index (χ0v) is 14.7. The van der Waals surface area contributed by atoms with Gasteiger partial charge in [0.25, 0.3) is 0 Å². The molecule has 0 spiro atoms. The van der Waals surface area contributed by atoms with Gasteiger partial charge in [0, 0.05) is 6.54 Å². The van der Waals surface area contributed by atoms with Crippen molar-refractivity contribution in [1.82, 2.24) is 10.6 Å². The van der Waals surface area contributed by atoms with Gasteiger partial charge in [-0.05, 0) is 56.7 Å². The van der Waals surface area contributed by atoms with Crippen molar-refractivity contribution in [2.75, 3.05) is 26.7 Å². The summed E-state index contributed by atoms with van der Waals surface area (Å²) in [5, 5.41) is 6.60. The second-order valence-electron chi connectivity index (χ2n) is 5.62. The lowest BCUT2D eigenvalue weighted by molar-refractivity contribution is 0.269. The van der Waals surface area contributed by atoms with E-state index in [9.17, 15) is 0 Å². The van der Waals surface area contributed by atoms with Crippen LogP contribution in [-0.4, -0.2) is 26.7 Å². The van der Waals surface area contributed by atoms with Crippen LogP contribution in [-0.2, 0) is 13.2 Å². The number of hydrogen-bond donors (Lipinski definition) is 2. The molecule has 24 heavy (non-hydrogen) atoms. The predicted molar refractivity (Wildman–Crippen MR) is 98.6 cm³/mol. The van der Waals surface area contributed by atoms with E-state index in [4.69, 9.17) is 9.47 Å². The fourth-order valence-corrected chi connectivity index (χ4v) is 2.41. The van der Waals surface area contributed by atoms with Crippen LogP contribution < -0.4 is 20.1 Å². The van der Waals surface area contributed by atoms with Crippen LogP contribution in [0.15, 0.2) is 48.5 Å². The van der Waals surface area contributed by atoms with E-state index in [1.807, 2.05) is 38.2 Å². The highest BCUT2D eigenvalue weighted by Crippen LogP contribution is 2.29. The van der Waals surface area contributed by atoms with Crippen LogP contribution in [0.5, 0.6) is 11.5 Å². The fraction of sp³-hybridized carbons (Fsp3) is 0.400. The second kappa shape index (κ2) is 10.7. The Balaban J connectivity index is 1.92. The summed E-state index contributed by atoms with van der Waals surface area (Å²) in [7, 11) is 1.97. The molecule has 0 aliphatic carbocycles. The van der Waals surface area contributed by atoms with Crippen molar-refractivity contribution in [2.45, 2.75) is 26.5 Å². The molecule has 4 nitrogen and oxygen atoms in total. The molecular formula is C20H28N2O2. The van der Waals surface area contributed by atoms with Crippen molar-refractivity contribution in [3.05, 3.63) is 59.7 Å². The van der Waals surface area contributed by atoms with Gasteiger partial charge in [-0.15, -0.1) is 0 Å². The molecule has 0 aliphatic rings. The molecule has 0 radical (unpaired) electrons. The lowest BCUT2D eigenvalue weighted by Crippen LogP contribution is -2.19. The van der Waals surface area contributed by atoms with E-state index in [0.29, 0.717) is 13.2 Å². The summed E-state index contributed by atoms with van der Waals surface area (Å²) in [4.78, 5) is 0. The average Bonchev–Trinajstić information content (AvgIpc) is 2.62. The highest BCUT2D eigenvalue weighted by Gasteiger charge is 2.07. The largest absolute Gasteiger partial charge is 0.490 e. The lowest BCUT2D eigenvalue weighted by atomic mass is 10.2. The summed E-state index contributed by atoms with van der Waals surface area (Å²) in [5.74, 6) is 1.60. The van der Waals surface area contributed by atoms with Gasteiger partial charge < -0.3 is 20.1 Å². The molecule has 2 N–H and O–H groups in total. The van der Waals surface area contributed by atoms with Crippen LogP contribution in [0.25, 0.3) is 0 Å². The van der Waals surface area contributed by atoms with Crippen LogP contribution in [0.2, 0.25) is 0 Å². The van der Waals surface area contributed by atoms with Crippen LogP contribution in [0.3, 0.4) is 0 Å². The zero-order valence-electron chi connectivity index (χ0n) is 14.7. The Morgan fingerprint density at radius 1 is 0.875 bits per heavy atom. The molecule has 0 bridgehead atoms. The topological polar surface area (TPSA) is 42.5 Å². The molecule has 0 aromatic heterocycles. The van der Waals surface area contributed by atoms with Crippen molar-refractivity contribution in [3.8, 4) is 11.5 Å². The van der Waals surface area contributed by atoms with Crippen molar-refractivity contribution in [3.63, 3.8) is 0 Å². The van der Waals surface area contributed by atoms with E-state index in [2.05, 4.69) is 34.9 Å². The molecule has 0 heterocycles. The third-order valence-electron chi connectivity index (χ3n) is 3.65. The quantitative estimate of drug-likeness (QED) is 0.621. The van der Waals surface area contributed by atoms with E-state index in [1.165, 1.54) is 5.56 Å². The highest BCUT2D eigenvalue weighted by atomic mass is 16.5. The van der Waals surface area contributed by atoms with Crippen LogP contribution >= 0.6 is 0 Å². The molecule has 0 unspecified atom stereocenters. The molecule has 130 valence electrons. The average molecular weight is 328 g/mol. The molecule has 2 aromatic rings. The first-order valence-electron chi connectivity index (χ1n) is 8.61. The van der Waals surface area contributed by atoms with Crippen molar-refractivity contribution in [2.24, 2.45) is 0 Å². The Kier molecular flexibility index (Phi) is 8.15. The first-order chi connectivity index (χ1) is 11.8. The van der Waals surface area contributed by atoms with Gasteiger partial charge in [0.05, 0.1) is 6.61 Å². The molecule has 0 aliphatic heterocycles. The summed E-state index contributed by atoms with van der Waals surface area (Å²) in [6.07, 6.45) is 1.12. The molecule has 0 saturated carbocycles. The molecule has 4 heteroatoms. The smallest absolute Gasteiger partial charge is 0.161 e. The minimum Gasteiger partial charge on any atom is -0.490 e. The van der Waals surface area contributed by atoms with E-state index >= 15 is 0 Å². The first-order valence-corrected chi connectivity index (χ1v) is 8.61. The molecule has 0 amide bonds. The van der Waals surface area contributed by atoms with Gasteiger partial charge in [-0.25, -0.2) is 0 Å².